The zero-order valence-corrected chi connectivity index (χ0v) is 10.7. The number of rotatable bonds is 4. The Morgan fingerprint density at radius 1 is 1.06 bits per heavy atom. The average Bonchev–Trinajstić information content (AvgIpc) is 2.60. The lowest BCUT2D eigenvalue weighted by Gasteiger charge is -2.21. The maximum absolute atomic E-state index is 11.8. The molecule has 0 radical (unpaired) electrons. The van der Waals surface area contributed by atoms with E-state index in [1.54, 1.807) is 0 Å². The summed E-state index contributed by atoms with van der Waals surface area (Å²) in [5, 5.41) is 0. The molecule has 0 unspecified atom stereocenters. The van der Waals surface area contributed by atoms with E-state index >= 15 is 0 Å². The molecule has 1 aliphatic heterocycles. The molecule has 0 aromatic heterocycles. The van der Waals surface area contributed by atoms with Crippen LogP contribution in [0.5, 0.6) is 0 Å². The number of amides is 2. The van der Waals surface area contributed by atoms with Crippen LogP contribution in [0, 0.1) is 0 Å². The van der Waals surface area contributed by atoms with E-state index in [0.717, 1.165) is 25.9 Å². The van der Waals surface area contributed by atoms with Gasteiger partial charge >= 0.3 is 0 Å². The van der Waals surface area contributed by atoms with Gasteiger partial charge in [0.1, 0.15) is 0 Å². The average molecular weight is 241 g/mol. The fourth-order valence-electron chi connectivity index (χ4n) is 2.05. The first-order valence-corrected chi connectivity index (χ1v) is 6.44. The molecule has 0 atom stereocenters. The van der Waals surface area contributed by atoms with Gasteiger partial charge in [0.15, 0.2) is 0 Å². The quantitative estimate of drug-likeness (QED) is 0.764. The highest BCUT2D eigenvalue weighted by Crippen LogP contribution is 2.07. The van der Waals surface area contributed by atoms with Crippen molar-refractivity contribution in [1.82, 2.24) is 9.80 Å². The smallest absolute Gasteiger partial charge is 0.222 e. The van der Waals surface area contributed by atoms with Crippen LogP contribution in [0.1, 0.15) is 32.6 Å². The lowest BCUT2D eigenvalue weighted by Crippen LogP contribution is -2.37. The van der Waals surface area contributed by atoms with E-state index in [1.807, 2.05) is 16.7 Å². The lowest BCUT2D eigenvalue weighted by atomic mass is 10.2. The van der Waals surface area contributed by atoms with Crippen LogP contribution in [0.3, 0.4) is 0 Å². The number of nitrogens with two attached hydrogens (primary N) is 1. The van der Waals surface area contributed by atoms with Crippen molar-refractivity contribution in [2.75, 3.05) is 32.7 Å². The predicted molar refractivity (Wildman–Crippen MR) is 66.4 cm³/mol. The first kappa shape index (κ1) is 14.0. The van der Waals surface area contributed by atoms with Crippen molar-refractivity contribution in [3.8, 4) is 0 Å². The van der Waals surface area contributed by atoms with Crippen molar-refractivity contribution < 1.29 is 9.59 Å². The normalized spacial score (nSPS) is 16.8. The zero-order valence-electron chi connectivity index (χ0n) is 10.7. The molecule has 0 saturated carbocycles. The topological polar surface area (TPSA) is 66.6 Å². The third kappa shape index (κ3) is 4.34. The molecule has 0 aliphatic carbocycles. The van der Waals surface area contributed by atoms with Crippen LogP contribution in [0.25, 0.3) is 0 Å². The first-order valence-electron chi connectivity index (χ1n) is 6.44. The summed E-state index contributed by atoms with van der Waals surface area (Å²) in [6.07, 6.45) is 2.69. The number of hydrogen-bond acceptors (Lipinski definition) is 3. The highest BCUT2D eigenvalue weighted by molar-refractivity contribution is 5.77. The third-order valence-electron chi connectivity index (χ3n) is 3.10. The summed E-state index contributed by atoms with van der Waals surface area (Å²) in [6.45, 7) is 5.29. The summed E-state index contributed by atoms with van der Waals surface area (Å²) >= 11 is 0. The largest absolute Gasteiger partial charge is 0.341 e. The van der Waals surface area contributed by atoms with E-state index in [-0.39, 0.29) is 11.8 Å². The molecule has 2 N–H and O–H groups in total. The minimum Gasteiger partial charge on any atom is -0.341 e. The van der Waals surface area contributed by atoms with Crippen LogP contribution in [-0.2, 0) is 9.59 Å². The zero-order chi connectivity index (χ0) is 12.7. The molecule has 2 amide bonds. The Labute approximate surface area is 103 Å². The van der Waals surface area contributed by atoms with Crippen molar-refractivity contribution in [2.45, 2.75) is 32.6 Å². The van der Waals surface area contributed by atoms with Crippen LogP contribution >= 0.6 is 0 Å². The summed E-state index contributed by atoms with van der Waals surface area (Å²) in [5.74, 6) is 0.350. The summed E-state index contributed by atoms with van der Waals surface area (Å²) in [7, 11) is 0. The standard InChI is InChI=1S/C12H23N3O2/c1-2-11(16)14-7-4-8-15(10-9-14)12(17)5-3-6-13/h2-10,13H2,1H3. The summed E-state index contributed by atoms with van der Waals surface area (Å²) in [6, 6.07) is 0. The maximum Gasteiger partial charge on any atom is 0.222 e. The van der Waals surface area contributed by atoms with Gasteiger partial charge in [-0.1, -0.05) is 6.92 Å². The Morgan fingerprint density at radius 2 is 1.65 bits per heavy atom. The van der Waals surface area contributed by atoms with Crippen LogP contribution in [0.2, 0.25) is 0 Å². The summed E-state index contributed by atoms with van der Waals surface area (Å²) < 4.78 is 0. The van der Waals surface area contributed by atoms with E-state index in [0.29, 0.717) is 32.5 Å². The van der Waals surface area contributed by atoms with Gasteiger partial charge < -0.3 is 15.5 Å². The second-order valence-corrected chi connectivity index (χ2v) is 4.36. The summed E-state index contributed by atoms with van der Waals surface area (Å²) in [5.41, 5.74) is 5.39. The van der Waals surface area contributed by atoms with Crippen LogP contribution in [-0.4, -0.2) is 54.3 Å². The van der Waals surface area contributed by atoms with Gasteiger partial charge in [-0.3, -0.25) is 9.59 Å². The number of carbonyl (C=O) groups is 2. The van der Waals surface area contributed by atoms with Crippen molar-refractivity contribution in [2.24, 2.45) is 5.73 Å². The van der Waals surface area contributed by atoms with E-state index in [4.69, 9.17) is 5.73 Å². The predicted octanol–water partition coefficient (Wildman–Crippen LogP) is 0.196. The number of nitrogens with zero attached hydrogens (tertiary/aromatic N) is 2. The molecule has 1 saturated heterocycles. The number of hydrogen-bond donors (Lipinski definition) is 1. The fourth-order valence-corrected chi connectivity index (χ4v) is 2.05. The van der Waals surface area contributed by atoms with E-state index in [9.17, 15) is 9.59 Å². The Bertz CT molecular complexity index is 268. The Balaban J connectivity index is 2.41. The maximum atomic E-state index is 11.8. The second kappa shape index (κ2) is 7.27. The van der Waals surface area contributed by atoms with Gasteiger partial charge in [0.05, 0.1) is 0 Å². The van der Waals surface area contributed by atoms with E-state index < -0.39 is 0 Å². The minimum absolute atomic E-state index is 0.168. The highest BCUT2D eigenvalue weighted by atomic mass is 16.2. The monoisotopic (exact) mass is 241 g/mol. The van der Waals surface area contributed by atoms with Gasteiger partial charge in [-0.2, -0.15) is 0 Å². The molecule has 0 spiro atoms. The van der Waals surface area contributed by atoms with Crippen molar-refractivity contribution in [3.05, 3.63) is 0 Å². The minimum atomic E-state index is 0.168. The molecule has 0 aromatic rings. The fraction of sp³-hybridized carbons (Fsp3) is 0.833. The van der Waals surface area contributed by atoms with Crippen LogP contribution < -0.4 is 5.73 Å². The van der Waals surface area contributed by atoms with Gasteiger partial charge in [-0.15, -0.1) is 0 Å². The molecule has 98 valence electrons. The number of carbonyl (C=O) groups excluding carboxylic acids is 2. The molecular formula is C12H23N3O2. The first-order chi connectivity index (χ1) is 8.19. The summed E-state index contributed by atoms with van der Waals surface area (Å²) in [4.78, 5) is 27.1. The molecule has 5 heteroatoms. The van der Waals surface area contributed by atoms with E-state index in [1.165, 1.54) is 0 Å². The highest BCUT2D eigenvalue weighted by Gasteiger charge is 2.20. The molecule has 0 bridgehead atoms. The van der Waals surface area contributed by atoms with Gasteiger partial charge in [0.2, 0.25) is 11.8 Å². The van der Waals surface area contributed by atoms with Crippen LogP contribution in [0.15, 0.2) is 0 Å². The van der Waals surface area contributed by atoms with Gasteiger partial charge in [-0.25, -0.2) is 0 Å². The molecule has 17 heavy (non-hydrogen) atoms. The van der Waals surface area contributed by atoms with Crippen LogP contribution in [0.4, 0.5) is 0 Å². The molecule has 0 aromatic carbocycles. The second-order valence-electron chi connectivity index (χ2n) is 4.36. The van der Waals surface area contributed by atoms with Gasteiger partial charge in [-0.05, 0) is 19.4 Å². The molecule has 5 nitrogen and oxygen atoms in total. The lowest BCUT2D eigenvalue weighted by molar-refractivity contribution is -0.133. The van der Waals surface area contributed by atoms with E-state index in [2.05, 4.69) is 0 Å². The molecule has 1 fully saturated rings. The van der Waals surface area contributed by atoms with Gasteiger partial charge in [0, 0.05) is 39.0 Å². The Morgan fingerprint density at radius 3 is 2.18 bits per heavy atom. The van der Waals surface area contributed by atoms with Crippen molar-refractivity contribution >= 4 is 11.8 Å². The van der Waals surface area contributed by atoms with Crippen molar-refractivity contribution in [1.29, 1.82) is 0 Å². The molecule has 1 aliphatic rings. The Kier molecular flexibility index (Phi) is 5.97. The molecule has 1 heterocycles. The molecular weight excluding hydrogens is 218 g/mol. The Hall–Kier alpha value is -1.10. The third-order valence-corrected chi connectivity index (χ3v) is 3.10. The molecule has 1 rings (SSSR count). The van der Waals surface area contributed by atoms with Crippen molar-refractivity contribution in [3.63, 3.8) is 0 Å². The SMILES string of the molecule is CCC(=O)N1CCCN(C(=O)CCCN)CC1. The van der Waals surface area contributed by atoms with Gasteiger partial charge in [0.25, 0.3) is 0 Å².